The summed E-state index contributed by atoms with van der Waals surface area (Å²) in [6.07, 6.45) is 5.66. The van der Waals surface area contributed by atoms with E-state index < -0.39 is 16.5 Å². The zero-order valence-corrected chi connectivity index (χ0v) is 15.5. The lowest BCUT2D eigenvalue weighted by Gasteiger charge is -2.43. The molecule has 0 saturated carbocycles. The van der Waals surface area contributed by atoms with E-state index in [0.29, 0.717) is 0 Å². The van der Waals surface area contributed by atoms with Gasteiger partial charge in [0.2, 0.25) is 0 Å². The van der Waals surface area contributed by atoms with Gasteiger partial charge in [-0.3, -0.25) is 0 Å². The third kappa shape index (κ3) is 3.10. The predicted octanol–water partition coefficient (Wildman–Crippen LogP) is 5.46. The molecule has 0 aromatic carbocycles. The quantitative estimate of drug-likeness (QED) is 0.535. The van der Waals surface area contributed by atoms with E-state index in [0.717, 1.165) is 0 Å². The van der Waals surface area contributed by atoms with E-state index in [4.69, 9.17) is 0 Å². The highest BCUT2D eigenvalue weighted by Crippen LogP contribution is 2.46. The molecule has 0 aromatic rings. The van der Waals surface area contributed by atoms with E-state index in [1.165, 1.54) is 25.7 Å². The summed E-state index contributed by atoms with van der Waals surface area (Å²) in [5.74, 6) is 0. The first-order valence-electron chi connectivity index (χ1n) is 8.34. The average Bonchev–Trinajstić information content (AvgIpc) is 2.58. The maximum absolute atomic E-state index is 3.11. The third-order valence-electron chi connectivity index (χ3n) is 5.34. The van der Waals surface area contributed by atoms with E-state index in [-0.39, 0.29) is 0 Å². The molecular formula is C15H35NSi2. The second-order valence-electron chi connectivity index (χ2n) is 6.51. The minimum atomic E-state index is -1.05. The summed E-state index contributed by atoms with van der Waals surface area (Å²) >= 11 is 0. The fraction of sp³-hybridized carbons (Fsp3) is 1.00. The van der Waals surface area contributed by atoms with Crippen LogP contribution in [0.15, 0.2) is 0 Å². The molecule has 0 aromatic heterocycles. The Bertz CT molecular complexity index is 207. The van der Waals surface area contributed by atoms with Gasteiger partial charge in [0.1, 0.15) is 16.5 Å². The van der Waals surface area contributed by atoms with Crippen molar-refractivity contribution in [2.24, 2.45) is 0 Å². The topological polar surface area (TPSA) is 3.24 Å². The Kier molecular flexibility index (Phi) is 6.62. The molecule has 1 rings (SSSR count). The number of rotatable bonds is 8. The van der Waals surface area contributed by atoms with Gasteiger partial charge in [0.25, 0.3) is 0 Å². The molecule has 0 unspecified atom stereocenters. The van der Waals surface area contributed by atoms with Crippen LogP contribution in [0.1, 0.15) is 53.4 Å². The first-order chi connectivity index (χ1) is 8.60. The van der Waals surface area contributed by atoms with Crippen molar-refractivity contribution in [3.8, 4) is 0 Å². The van der Waals surface area contributed by atoms with Gasteiger partial charge in [0, 0.05) is 0 Å². The van der Waals surface area contributed by atoms with E-state index in [2.05, 4.69) is 39.0 Å². The van der Waals surface area contributed by atoms with Gasteiger partial charge in [-0.1, -0.05) is 53.4 Å². The molecule has 1 aliphatic heterocycles. The van der Waals surface area contributed by atoms with Crippen molar-refractivity contribution < 1.29 is 0 Å². The first-order valence-corrected chi connectivity index (χ1v) is 13.5. The Morgan fingerprint density at radius 2 is 0.944 bits per heavy atom. The Labute approximate surface area is 118 Å². The highest BCUT2D eigenvalue weighted by atomic mass is 28.4. The fourth-order valence-electron chi connectivity index (χ4n) is 4.59. The largest absolute Gasteiger partial charge is 0.348 e. The summed E-state index contributed by atoms with van der Waals surface area (Å²) in [7, 11) is 0.457. The summed E-state index contributed by atoms with van der Waals surface area (Å²) in [4.78, 5) is 0. The molecule has 18 heavy (non-hydrogen) atoms. The van der Waals surface area contributed by atoms with Gasteiger partial charge in [0.05, 0.1) is 0 Å². The van der Waals surface area contributed by atoms with Crippen LogP contribution in [0.25, 0.3) is 0 Å². The van der Waals surface area contributed by atoms with Crippen LogP contribution in [0.3, 0.4) is 0 Å². The second kappa shape index (κ2) is 7.25. The maximum Gasteiger partial charge on any atom is 0.121 e. The number of nitrogens with zero attached hydrogens (tertiary/aromatic N) is 1. The third-order valence-corrected chi connectivity index (χ3v) is 19.6. The molecule has 0 atom stereocenters. The lowest BCUT2D eigenvalue weighted by Crippen LogP contribution is -2.58. The average molecular weight is 286 g/mol. The molecule has 1 fully saturated rings. The second-order valence-corrected chi connectivity index (χ2v) is 16.2. The molecular weight excluding hydrogens is 250 g/mol. The minimum absolute atomic E-state index is 1.05. The molecule has 0 amide bonds. The first kappa shape index (κ1) is 16.4. The predicted molar refractivity (Wildman–Crippen MR) is 89.3 cm³/mol. The lowest BCUT2D eigenvalue weighted by atomic mass is 10.6. The van der Waals surface area contributed by atoms with Crippen LogP contribution < -0.4 is 0 Å². The number of hydrogen-bond acceptors (Lipinski definition) is 1. The monoisotopic (exact) mass is 285 g/mol. The van der Waals surface area contributed by atoms with Crippen molar-refractivity contribution >= 4 is 16.5 Å². The van der Waals surface area contributed by atoms with Crippen molar-refractivity contribution in [1.82, 2.24) is 4.23 Å². The number of hydrogen-bond donors (Lipinski definition) is 0. The molecule has 1 heterocycles. The zero-order valence-electron chi connectivity index (χ0n) is 13.5. The summed E-state index contributed by atoms with van der Waals surface area (Å²) in [5, 5.41) is 0. The Balaban J connectivity index is 2.91. The van der Waals surface area contributed by atoms with Crippen molar-refractivity contribution in [2.75, 3.05) is 7.05 Å². The molecule has 0 N–H and O–H groups in total. The summed E-state index contributed by atoms with van der Waals surface area (Å²) in [6, 6.07) is 9.55. The van der Waals surface area contributed by atoms with Gasteiger partial charge in [0.15, 0.2) is 0 Å². The van der Waals surface area contributed by atoms with Crippen molar-refractivity contribution in [1.29, 1.82) is 0 Å². The van der Waals surface area contributed by atoms with Gasteiger partial charge in [-0.05, 0) is 43.3 Å². The standard InChI is InChI=1S/C15H35NSi2/c1-6-10-17(11-7-2)14-15-18(12-8-3,13-9-4)16(17)5/h6-15H2,1-5H3. The SMILES string of the molecule is CCC[Si]1(CCC)CC[Si](CCC)(CCC)N1C. The molecule has 1 nitrogen and oxygen atoms in total. The highest BCUT2D eigenvalue weighted by Gasteiger charge is 2.53. The van der Waals surface area contributed by atoms with E-state index >= 15 is 0 Å². The van der Waals surface area contributed by atoms with Crippen LogP contribution in [0.4, 0.5) is 0 Å². The molecule has 0 aliphatic carbocycles. The molecule has 108 valence electrons. The molecule has 0 radical (unpaired) electrons. The summed E-state index contributed by atoms with van der Waals surface area (Å²) < 4.78 is 3.11. The van der Waals surface area contributed by atoms with Crippen LogP contribution >= 0.6 is 0 Å². The van der Waals surface area contributed by atoms with Crippen molar-refractivity contribution in [3.63, 3.8) is 0 Å². The van der Waals surface area contributed by atoms with E-state index in [1.807, 2.05) is 0 Å². The Morgan fingerprint density at radius 3 is 1.17 bits per heavy atom. The van der Waals surface area contributed by atoms with E-state index in [9.17, 15) is 0 Å². The van der Waals surface area contributed by atoms with Crippen molar-refractivity contribution in [2.45, 2.75) is 89.6 Å². The Morgan fingerprint density at radius 1 is 0.667 bits per heavy atom. The van der Waals surface area contributed by atoms with Crippen LogP contribution in [-0.2, 0) is 0 Å². The molecule has 1 aliphatic rings. The normalized spacial score (nSPS) is 22.5. The summed E-state index contributed by atoms with van der Waals surface area (Å²) in [5.41, 5.74) is 0. The van der Waals surface area contributed by atoms with Gasteiger partial charge in [-0.2, -0.15) is 0 Å². The molecule has 0 spiro atoms. The highest BCUT2D eigenvalue weighted by molar-refractivity contribution is 6.97. The Hall–Kier alpha value is 0.394. The van der Waals surface area contributed by atoms with Crippen LogP contribution in [0.2, 0.25) is 36.3 Å². The molecule has 0 bridgehead atoms. The van der Waals surface area contributed by atoms with Crippen LogP contribution in [0.5, 0.6) is 0 Å². The fourth-order valence-corrected chi connectivity index (χ4v) is 21.6. The lowest BCUT2D eigenvalue weighted by molar-refractivity contribution is 0.698. The smallest absolute Gasteiger partial charge is 0.121 e. The van der Waals surface area contributed by atoms with Gasteiger partial charge in [-0.25, -0.2) is 0 Å². The van der Waals surface area contributed by atoms with Gasteiger partial charge in [-0.15, -0.1) is 0 Å². The summed E-state index contributed by atoms with van der Waals surface area (Å²) in [6.45, 7) is 9.61. The van der Waals surface area contributed by atoms with Gasteiger partial charge < -0.3 is 4.23 Å². The van der Waals surface area contributed by atoms with E-state index in [1.54, 1.807) is 36.3 Å². The van der Waals surface area contributed by atoms with Crippen LogP contribution in [0, 0.1) is 0 Å². The zero-order chi connectivity index (χ0) is 13.6. The van der Waals surface area contributed by atoms with Crippen LogP contribution in [-0.4, -0.2) is 27.7 Å². The molecule has 1 saturated heterocycles. The molecule has 3 heteroatoms. The maximum atomic E-state index is 3.11. The van der Waals surface area contributed by atoms with Gasteiger partial charge >= 0.3 is 0 Å². The minimum Gasteiger partial charge on any atom is -0.348 e. The van der Waals surface area contributed by atoms with Crippen molar-refractivity contribution in [3.05, 3.63) is 0 Å².